The van der Waals surface area contributed by atoms with Crippen molar-refractivity contribution in [2.24, 2.45) is 0 Å². The number of hydrogen-bond acceptors (Lipinski definition) is 0. The molecule has 116 valence electrons. The van der Waals surface area contributed by atoms with E-state index in [0.29, 0.717) is 15.5 Å². The van der Waals surface area contributed by atoms with Crippen molar-refractivity contribution in [3.8, 4) is 0 Å². The number of rotatable bonds is 3. The van der Waals surface area contributed by atoms with E-state index in [2.05, 4.69) is 82.3 Å². The topological polar surface area (TPSA) is 0 Å². The van der Waals surface area contributed by atoms with E-state index >= 15 is 0 Å². The van der Waals surface area contributed by atoms with E-state index in [1.54, 1.807) is 0 Å². The molecule has 0 rings (SSSR count). The van der Waals surface area contributed by atoms with Crippen LogP contribution in [0.1, 0.15) is 62.3 Å². The summed E-state index contributed by atoms with van der Waals surface area (Å²) in [6.07, 6.45) is 2.91. The Morgan fingerprint density at radius 1 is 0.526 bits per heavy atom. The highest BCUT2D eigenvalue weighted by molar-refractivity contribution is 7.80. The van der Waals surface area contributed by atoms with E-state index in [-0.39, 0.29) is 0 Å². The van der Waals surface area contributed by atoms with Crippen LogP contribution in [0.2, 0.25) is 0 Å². The molecule has 19 heavy (non-hydrogen) atoms. The summed E-state index contributed by atoms with van der Waals surface area (Å²) >= 11 is 0. The third-order valence-corrected chi connectivity index (χ3v) is 18.3. The predicted octanol–water partition coefficient (Wildman–Crippen LogP) is 6.31. The van der Waals surface area contributed by atoms with Crippen molar-refractivity contribution in [2.75, 3.05) is 32.3 Å². The number of hydrogen-bond donors (Lipinski definition) is 0. The molecule has 0 N–H and O–H groups in total. The van der Waals surface area contributed by atoms with Gasteiger partial charge in [0.2, 0.25) is 0 Å². The summed E-state index contributed by atoms with van der Waals surface area (Å²) in [6.45, 7) is 29.8. The van der Waals surface area contributed by atoms with Crippen molar-refractivity contribution < 1.29 is 0 Å². The van der Waals surface area contributed by atoms with Gasteiger partial charge in [-0.3, -0.25) is 0 Å². The summed E-state index contributed by atoms with van der Waals surface area (Å²) in [5.41, 5.74) is 0. The van der Waals surface area contributed by atoms with Crippen LogP contribution in [-0.2, 0) is 0 Å². The molecule has 2 heteroatoms. The van der Waals surface area contributed by atoms with Gasteiger partial charge < -0.3 is 0 Å². The van der Waals surface area contributed by atoms with Gasteiger partial charge in [0.05, 0.1) is 34.5 Å². The minimum Gasteiger partial charge on any atom is -0.0260 e. The molecule has 0 aliphatic heterocycles. The fourth-order valence-corrected chi connectivity index (χ4v) is 10.1. The lowest BCUT2D eigenvalue weighted by Crippen LogP contribution is -2.37. The fraction of sp³-hybridized carbons (Fsp3) is 1.00. The lowest BCUT2D eigenvalue weighted by molar-refractivity contribution is 0.687. The second kappa shape index (κ2) is 5.57. The zero-order chi connectivity index (χ0) is 15.9. The average Bonchev–Trinajstić information content (AvgIpc) is 2.08. The molecular weight excluding hydrogens is 266 g/mol. The summed E-state index contributed by atoms with van der Waals surface area (Å²) in [6, 6.07) is 0. The van der Waals surface area contributed by atoms with E-state index in [9.17, 15) is 0 Å². The zero-order valence-corrected chi connectivity index (χ0v) is 17.6. The maximum atomic E-state index is 2.62. The van der Waals surface area contributed by atoms with Gasteiger partial charge in [-0.05, 0) is 62.3 Å². The van der Waals surface area contributed by atoms with E-state index < -0.39 is 14.5 Å². The van der Waals surface area contributed by atoms with Crippen LogP contribution in [0, 0.1) is 0 Å². The van der Waals surface area contributed by atoms with Gasteiger partial charge >= 0.3 is 0 Å². The van der Waals surface area contributed by atoms with Gasteiger partial charge in [0, 0.05) is 27.9 Å². The average molecular weight is 306 g/mol. The zero-order valence-electron chi connectivity index (χ0n) is 15.8. The monoisotopic (exact) mass is 306 g/mol. The minimum atomic E-state index is -0.975. The second-order valence-corrected chi connectivity index (χ2v) is 20.5. The quantitative estimate of drug-likeness (QED) is 0.536. The van der Waals surface area contributed by atoms with Crippen LogP contribution in [0.4, 0.5) is 0 Å². The molecule has 0 atom stereocenters. The molecule has 0 aromatic rings. The van der Waals surface area contributed by atoms with Crippen LogP contribution in [0.3, 0.4) is 0 Å². The van der Waals surface area contributed by atoms with Crippen molar-refractivity contribution in [3.05, 3.63) is 0 Å². The molecule has 0 unspecified atom stereocenters. The first-order valence-corrected chi connectivity index (χ1v) is 12.9. The van der Waals surface area contributed by atoms with Crippen molar-refractivity contribution in [1.82, 2.24) is 0 Å². The molecule has 0 aliphatic rings. The molecule has 0 bridgehead atoms. The van der Waals surface area contributed by atoms with Gasteiger partial charge in [0.1, 0.15) is 0 Å². The lowest BCUT2D eigenvalue weighted by atomic mass is 10.2. The maximum absolute atomic E-state index is 2.62. The molecule has 0 amide bonds. The van der Waals surface area contributed by atoms with Gasteiger partial charge in [-0.15, -0.1) is 0 Å². The predicted molar refractivity (Wildman–Crippen MR) is 101 cm³/mol. The molecule has 0 nitrogen and oxygen atoms in total. The molecule has 0 aromatic heterocycles. The van der Waals surface area contributed by atoms with Crippen LogP contribution in [-0.4, -0.2) is 47.8 Å². The van der Waals surface area contributed by atoms with Gasteiger partial charge in [0.15, 0.2) is 0 Å². The van der Waals surface area contributed by atoms with Crippen LogP contribution in [0.15, 0.2) is 0 Å². The van der Waals surface area contributed by atoms with Crippen LogP contribution in [0.5, 0.6) is 0 Å². The Kier molecular flexibility index (Phi) is 5.82. The Hall–Kier alpha value is 0.860. The molecule has 0 saturated carbocycles. The third kappa shape index (κ3) is 4.41. The van der Waals surface area contributed by atoms with Gasteiger partial charge in [-0.2, -0.15) is 0 Å². The smallest absolute Gasteiger partial charge is 0.0260 e. The molecule has 0 aliphatic carbocycles. The molecule has 0 radical (unpaired) electrons. The Morgan fingerprint density at radius 2 is 0.842 bits per heavy atom. The van der Waals surface area contributed by atoms with Crippen LogP contribution < -0.4 is 0 Å². The first-order valence-electron chi connectivity index (χ1n) is 7.64. The highest BCUT2D eigenvalue weighted by Gasteiger charge is 2.55. The lowest BCUT2D eigenvalue weighted by Gasteiger charge is -2.46. The van der Waals surface area contributed by atoms with Crippen molar-refractivity contribution >= 4 is 14.5 Å². The summed E-state index contributed by atoms with van der Waals surface area (Å²) in [7, 11) is -1.81. The van der Waals surface area contributed by atoms with Crippen molar-refractivity contribution in [2.45, 2.75) is 77.8 Å². The van der Waals surface area contributed by atoms with E-state index in [0.717, 1.165) is 0 Å². The minimum absolute atomic E-state index is 0.461. The van der Waals surface area contributed by atoms with Gasteiger partial charge in [0.25, 0.3) is 0 Å². The maximum Gasteiger partial charge on any atom is 0.0936 e. The molecule has 0 heterocycles. The Labute approximate surface area is 125 Å². The van der Waals surface area contributed by atoms with Gasteiger partial charge in [-0.1, -0.05) is 0 Å². The first kappa shape index (κ1) is 19.9. The van der Waals surface area contributed by atoms with Gasteiger partial charge in [-0.25, -0.2) is 0 Å². The molecule has 0 aromatic carbocycles. The summed E-state index contributed by atoms with van der Waals surface area (Å²) < 4.78 is 0. The van der Waals surface area contributed by atoms with E-state index in [1.807, 2.05) is 0 Å². The highest BCUT2D eigenvalue weighted by atomic mass is 31.2. The van der Waals surface area contributed by atoms with E-state index in [1.165, 1.54) is 12.3 Å². The summed E-state index contributed by atoms with van der Waals surface area (Å²) in [5.74, 6) is 0. The second-order valence-electron chi connectivity index (χ2n) is 9.84. The van der Waals surface area contributed by atoms with Crippen LogP contribution >= 0.6 is 14.5 Å². The molecular formula is C17H40P2+2. The largest absolute Gasteiger partial charge is 0.0936 e. The fourth-order valence-electron chi connectivity index (χ4n) is 2.46. The standard InChI is InChI=1S/C17H40P2/c1-15(2,3)18(10,11)13-14-19(12,16(4,5)6)17(7,8)9/h13-14H2,1-12H3/q+2. The SMILES string of the molecule is CC(C)(C)[P+](C)(C)CC[P+](C)(C(C)(C)C)C(C)(C)C. The van der Waals surface area contributed by atoms with Crippen molar-refractivity contribution in [1.29, 1.82) is 0 Å². The third-order valence-electron chi connectivity index (χ3n) is 5.88. The van der Waals surface area contributed by atoms with E-state index in [4.69, 9.17) is 0 Å². The Balaban J connectivity index is 5.22. The van der Waals surface area contributed by atoms with Crippen molar-refractivity contribution in [3.63, 3.8) is 0 Å². The first-order chi connectivity index (χ1) is 7.96. The normalized spacial score (nSPS) is 15.8. The summed E-state index contributed by atoms with van der Waals surface area (Å²) in [5, 5.41) is 1.42. The highest BCUT2D eigenvalue weighted by Crippen LogP contribution is 2.76. The Bertz CT molecular complexity index is 281. The Morgan fingerprint density at radius 3 is 1.05 bits per heavy atom. The molecule has 0 saturated heterocycles. The van der Waals surface area contributed by atoms with Crippen LogP contribution in [0.25, 0.3) is 0 Å². The summed E-state index contributed by atoms with van der Waals surface area (Å²) in [4.78, 5) is 0. The molecule has 0 spiro atoms. The molecule has 0 fully saturated rings.